The van der Waals surface area contributed by atoms with Crippen LogP contribution in [-0.2, 0) is 65.4 Å². The standard InChI is InChI=1S/C89H174O17P2/c1-7-10-12-14-16-18-20-22-24-25-26-27-28-32-36-39-43-47-53-59-65-71-86(91)99-77-84(105-88(93)74-68-62-55-49-45-41-37-33-30-29-31-35-38-42-46-52-58-64-70-82(6)9-3)79-103-107(95,96)101-75-83(90)76-102-108(97,98)104-80-85(78-100-87(92)72-66-60-56-50-51-57-63-69-81(4)5)106-89(94)73-67-61-54-48-44-40-34-23-21-19-17-15-13-11-8-2/h81-85,90H,7-80H2,1-6H3,(H,95,96)(H,97,98)/t82?,83-,84-,85-/m1/s1. The molecule has 642 valence electrons. The van der Waals surface area contributed by atoms with Crippen LogP contribution in [0.1, 0.15) is 478 Å². The first kappa shape index (κ1) is 106. The van der Waals surface area contributed by atoms with E-state index in [1.807, 2.05) is 0 Å². The lowest BCUT2D eigenvalue weighted by Gasteiger charge is -2.21. The van der Waals surface area contributed by atoms with Gasteiger partial charge < -0.3 is 33.8 Å². The topological polar surface area (TPSA) is 237 Å². The van der Waals surface area contributed by atoms with Crippen molar-refractivity contribution in [3.05, 3.63) is 0 Å². The van der Waals surface area contributed by atoms with Gasteiger partial charge in [-0.05, 0) is 37.5 Å². The van der Waals surface area contributed by atoms with Gasteiger partial charge in [-0.25, -0.2) is 9.13 Å². The number of phosphoric acid groups is 2. The molecule has 6 atom stereocenters. The third-order valence-electron chi connectivity index (χ3n) is 21.3. The van der Waals surface area contributed by atoms with Gasteiger partial charge in [0.05, 0.1) is 26.4 Å². The van der Waals surface area contributed by atoms with E-state index in [1.54, 1.807) is 0 Å². The van der Waals surface area contributed by atoms with Crippen LogP contribution < -0.4 is 0 Å². The molecule has 0 radical (unpaired) electrons. The lowest BCUT2D eigenvalue weighted by atomic mass is 9.99. The van der Waals surface area contributed by atoms with E-state index in [9.17, 15) is 43.2 Å². The van der Waals surface area contributed by atoms with Crippen molar-refractivity contribution in [3.63, 3.8) is 0 Å². The van der Waals surface area contributed by atoms with Crippen LogP contribution in [0.25, 0.3) is 0 Å². The number of hydrogen-bond acceptors (Lipinski definition) is 15. The average molecular weight is 1580 g/mol. The maximum absolute atomic E-state index is 13.2. The van der Waals surface area contributed by atoms with Crippen LogP contribution in [0, 0.1) is 11.8 Å². The molecule has 3 N–H and O–H groups in total. The first-order chi connectivity index (χ1) is 52.4. The molecule has 17 nitrogen and oxygen atoms in total. The van der Waals surface area contributed by atoms with E-state index < -0.39 is 97.5 Å². The van der Waals surface area contributed by atoms with Crippen LogP contribution in [0.3, 0.4) is 0 Å². The highest BCUT2D eigenvalue weighted by Crippen LogP contribution is 2.45. The lowest BCUT2D eigenvalue weighted by Crippen LogP contribution is -2.30. The molecule has 0 amide bonds. The van der Waals surface area contributed by atoms with Crippen LogP contribution >= 0.6 is 15.6 Å². The summed E-state index contributed by atoms with van der Waals surface area (Å²) in [5.41, 5.74) is 0. The molecular formula is C89H174O17P2. The smallest absolute Gasteiger partial charge is 0.462 e. The molecule has 0 aromatic rings. The quantitative estimate of drug-likeness (QED) is 0.0222. The Morgan fingerprint density at radius 3 is 0.704 bits per heavy atom. The van der Waals surface area contributed by atoms with Gasteiger partial charge in [0.2, 0.25) is 0 Å². The van der Waals surface area contributed by atoms with Crippen molar-refractivity contribution in [1.29, 1.82) is 0 Å². The number of unbranched alkanes of at least 4 members (excludes halogenated alkanes) is 57. The Hall–Kier alpha value is -1.94. The summed E-state index contributed by atoms with van der Waals surface area (Å²) in [5, 5.41) is 10.7. The summed E-state index contributed by atoms with van der Waals surface area (Å²) < 4.78 is 69.0. The fraction of sp³-hybridized carbons (Fsp3) is 0.955. The number of carbonyl (C=O) groups is 4. The summed E-state index contributed by atoms with van der Waals surface area (Å²) in [7, 11) is -9.93. The van der Waals surface area contributed by atoms with Crippen LogP contribution in [0.15, 0.2) is 0 Å². The minimum Gasteiger partial charge on any atom is -0.462 e. The van der Waals surface area contributed by atoms with Crippen molar-refractivity contribution in [3.8, 4) is 0 Å². The Morgan fingerprint density at radius 1 is 0.269 bits per heavy atom. The zero-order valence-corrected chi connectivity index (χ0v) is 73.0. The fourth-order valence-corrected chi connectivity index (χ4v) is 15.5. The van der Waals surface area contributed by atoms with Crippen LogP contribution in [0.2, 0.25) is 0 Å². The van der Waals surface area contributed by atoms with Crippen molar-refractivity contribution in [2.45, 2.75) is 496 Å². The summed E-state index contributed by atoms with van der Waals surface area (Å²) in [4.78, 5) is 73.3. The molecule has 0 aromatic carbocycles. The molecule has 0 heterocycles. The van der Waals surface area contributed by atoms with Gasteiger partial charge in [0.1, 0.15) is 19.3 Å². The zero-order chi connectivity index (χ0) is 79.2. The monoisotopic (exact) mass is 1580 g/mol. The summed E-state index contributed by atoms with van der Waals surface area (Å²) in [6, 6.07) is 0. The fourth-order valence-electron chi connectivity index (χ4n) is 13.9. The average Bonchev–Trinajstić information content (AvgIpc) is 0.902. The van der Waals surface area contributed by atoms with Crippen LogP contribution in [-0.4, -0.2) is 96.7 Å². The molecule has 0 rings (SSSR count). The van der Waals surface area contributed by atoms with Crippen LogP contribution in [0.5, 0.6) is 0 Å². The molecule has 3 unspecified atom stereocenters. The van der Waals surface area contributed by atoms with Crippen molar-refractivity contribution in [1.82, 2.24) is 0 Å². The Kier molecular flexibility index (Phi) is 78.8. The summed E-state index contributed by atoms with van der Waals surface area (Å²) >= 11 is 0. The van der Waals surface area contributed by atoms with E-state index in [2.05, 4.69) is 41.5 Å². The van der Waals surface area contributed by atoms with Gasteiger partial charge in [-0.3, -0.25) is 37.3 Å². The van der Waals surface area contributed by atoms with E-state index in [1.165, 1.54) is 289 Å². The van der Waals surface area contributed by atoms with Gasteiger partial charge in [0.15, 0.2) is 12.2 Å². The molecule has 0 saturated heterocycles. The highest BCUT2D eigenvalue weighted by Gasteiger charge is 2.31. The molecule has 0 bridgehead atoms. The number of hydrogen-bond donors (Lipinski definition) is 3. The summed E-state index contributed by atoms with van der Waals surface area (Å²) in [5.74, 6) is -0.524. The minimum atomic E-state index is -4.97. The van der Waals surface area contributed by atoms with Gasteiger partial charge in [0, 0.05) is 25.7 Å². The van der Waals surface area contributed by atoms with Gasteiger partial charge in [-0.1, -0.05) is 427 Å². The Bertz CT molecular complexity index is 2070. The summed E-state index contributed by atoms with van der Waals surface area (Å²) in [6.07, 6.45) is 73.8. The second kappa shape index (κ2) is 80.3. The van der Waals surface area contributed by atoms with E-state index in [-0.39, 0.29) is 25.7 Å². The van der Waals surface area contributed by atoms with E-state index >= 15 is 0 Å². The number of ether oxygens (including phenoxy) is 4. The first-order valence-electron chi connectivity index (χ1n) is 46.0. The normalized spacial score (nSPS) is 14.0. The Morgan fingerprint density at radius 2 is 0.472 bits per heavy atom. The molecule has 0 aliphatic carbocycles. The second-order valence-electron chi connectivity index (χ2n) is 32.7. The molecule has 0 aliphatic rings. The highest BCUT2D eigenvalue weighted by atomic mass is 31.2. The molecule has 19 heteroatoms. The molecule has 108 heavy (non-hydrogen) atoms. The maximum Gasteiger partial charge on any atom is 0.472 e. The Labute approximate surface area is 664 Å². The first-order valence-corrected chi connectivity index (χ1v) is 49.0. The third-order valence-corrected chi connectivity index (χ3v) is 23.2. The largest absolute Gasteiger partial charge is 0.472 e. The zero-order valence-electron chi connectivity index (χ0n) is 71.2. The van der Waals surface area contributed by atoms with Crippen molar-refractivity contribution < 1.29 is 80.2 Å². The van der Waals surface area contributed by atoms with Gasteiger partial charge in [0.25, 0.3) is 0 Å². The lowest BCUT2D eigenvalue weighted by molar-refractivity contribution is -0.161. The van der Waals surface area contributed by atoms with Crippen LogP contribution in [0.4, 0.5) is 0 Å². The predicted octanol–water partition coefficient (Wildman–Crippen LogP) is 27.4. The maximum atomic E-state index is 13.2. The van der Waals surface area contributed by atoms with Crippen molar-refractivity contribution in [2.24, 2.45) is 11.8 Å². The number of aliphatic hydroxyl groups is 1. The number of esters is 4. The SMILES string of the molecule is CCCCCCCCCCCCCCCCCCCCCCCC(=O)OC[C@H](COP(=O)(O)OC[C@@H](O)COP(=O)(O)OC[C@@H](COC(=O)CCCCCCCCCC(C)C)OC(=O)CCCCCCCCCCCCCCCCC)OC(=O)CCCCCCCCCCCCCCCCCCCCC(C)CC. The number of aliphatic hydroxyl groups excluding tert-OH is 1. The second-order valence-corrected chi connectivity index (χ2v) is 35.6. The number of phosphoric ester groups is 2. The van der Waals surface area contributed by atoms with Crippen molar-refractivity contribution in [2.75, 3.05) is 39.6 Å². The molecule has 0 fully saturated rings. The predicted molar refractivity (Wildman–Crippen MR) is 446 cm³/mol. The molecule has 0 aromatic heterocycles. The van der Waals surface area contributed by atoms with Gasteiger partial charge in [-0.2, -0.15) is 0 Å². The highest BCUT2D eigenvalue weighted by molar-refractivity contribution is 7.47. The molecular weight excluding hydrogens is 1400 g/mol. The van der Waals surface area contributed by atoms with Crippen molar-refractivity contribution >= 4 is 39.5 Å². The third kappa shape index (κ3) is 80.7. The Balaban J connectivity index is 5.21. The molecule has 0 aliphatic heterocycles. The van der Waals surface area contributed by atoms with E-state index in [4.69, 9.17) is 37.0 Å². The van der Waals surface area contributed by atoms with Gasteiger partial charge in [-0.15, -0.1) is 0 Å². The molecule has 0 spiro atoms. The number of rotatable bonds is 88. The number of carbonyl (C=O) groups excluding carboxylic acids is 4. The molecule has 0 saturated carbocycles. The van der Waals surface area contributed by atoms with E-state index in [0.717, 1.165) is 102 Å². The summed E-state index contributed by atoms with van der Waals surface area (Å²) in [6.45, 7) is 9.70. The van der Waals surface area contributed by atoms with E-state index in [0.29, 0.717) is 31.6 Å². The minimum absolute atomic E-state index is 0.108. The van der Waals surface area contributed by atoms with Gasteiger partial charge >= 0.3 is 39.5 Å².